The average molecular weight is 288 g/mol. The van der Waals surface area contributed by atoms with Crippen molar-refractivity contribution in [2.45, 2.75) is 19.0 Å². The van der Waals surface area contributed by atoms with E-state index < -0.39 is 0 Å². The highest BCUT2D eigenvalue weighted by Gasteiger charge is 2.39. The Hall–Kier alpha value is -1.93. The molecule has 0 aliphatic carbocycles. The van der Waals surface area contributed by atoms with Gasteiger partial charge in [0, 0.05) is 6.54 Å². The maximum atomic E-state index is 12.2. The third kappa shape index (κ3) is 2.81. The number of hydrogen-bond acceptors (Lipinski definition) is 4. The van der Waals surface area contributed by atoms with Crippen molar-refractivity contribution in [1.82, 2.24) is 4.90 Å². The van der Waals surface area contributed by atoms with E-state index in [1.54, 1.807) is 16.7 Å². The Bertz CT molecular complexity index is 563. The Kier molecular flexibility index (Phi) is 4.70. The molecule has 1 heterocycles. The van der Waals surface area contributed by atoms with Crippen LogP contribution >= 0.6 is 11.8 Å². The number of carbonyl (C=O) groups excluding carboxylic acids is 1. The highest BCUT2D eigenvalue weighted by molar-refractivity contribution is 7.98. The second-order valence-corrected chi connectivity index (χ2v) is 5.57. The lowest BCUT2D eigenvalue weighted by Gasteiger charge is -2.25. The first-order valence-corrected chi connectivity index (χ1v) is 7.75. The van der Waals surface area contributed by atoms with Gasteiger partial charge in [-0.2, -0.15) is 17.0 Å². The molecule has 4 nitrogen and oxygen atoms in total. The Morgan fingerprint density at radius 1 is 1.40 bits per heavy atom. The van der Waals surface area contributed by atoms with Crippen molar-refractivity contribution in [1.29, 1.82) is 5.26 Å². The first-order chi connectivity index (χ1) is 9.69. The number of aliphatic hydroxyl groups excluding tert-OH is 1. The Labute approximate surface area is 122 Å². The summed E-state index contributed by atoms with van der Waals surface area (Å²) in [6.07, 6.45) is 2.63. The van der Waals surface area contributed by atoms with E-state index in [1.165, 1.54) is 0 Å². The zero-order chi connectivity index (χ0) is 14.5. The molecule has 1 aliphatic rings. The lowest BCUT2D eigenvalue weighted by Crippen LogP contribution is -2.35. The summed E-state index contributed by atoms with van der Waals surface area (Å²) in [5, 5.41) is 19.1. The first kappa shape index (κ1) is 14.5. The summed E-state index contributed by atoms with van der Waals surface area (Å²) in [6.45, 7) is 0.411. The Morgan fingerprint density at radius 3 is 2.70 bits per heavy atom. The fraction of sp³-hybridized carbons (Fsp3) is 0.333. The second-order valence-electron chi connectivity index (χ2n) is 4.59. The molecule has 0 bridgehead atoms. The number of nitrogens with zero attached hydrogens (tertiary/aromatic N) is 2. The van der Waals surface area contributed by atoms with Gasteiger partial charge in [-0.3, -0.25) is 4.79 Å². The largest absolute Gasteiger partial charge is 0.509 e. The molecule has 0 radical (unpaired) electrons. The van der Waals surface area contributed by atoms with Crippen LogP contribution in [0.25, 0.3) is 0 Å². The summed E-state index contributed by atoms with van der Waals surface area (Å²) in [4.78, 5) is 13.8. The minimum Gasteiger partial charge on any atom is -0.509 e. The standard InChI is InChI=1S/C15H16N2O2S/c1-20-8-7-13-14(18)12(9-16)15(19)17(13)10-11-5-3-2-4-6-11/h2-6,13,18H,7-8,10H2,1H3/t13-/m0/s1. The normalized spacial score (nSPS) is 18.5. The lowest BCUT2D eigenvalue weighted by atomic mass is 10.1. The zero-order valence-electron chi connectivity index (χ0n) is 11.2. The summed E-state index contributed by atoms with van der Waals surface area (Å²) in [7, 11) is 0. The fourth-order valence-electron chi connectivity index (χ4n) is 2.30. The van der Waals surface area contributed by atoms with Crippen LogP contribution < -0.4 is 0 Å². The predicted octanol–water partition coefficient (Wildman–Crippen LogP) is 2.49. The van der Waals surface area contributed by atoms with Crippen molar-refractivity contribution in [3.05, 3.63) is 47.2 Å². The van der Waals surface area contributed by atoms with Gasteiger partial charge in [0.2, 0.25) is 0 Å². The predicted molar refractivity (Wildman–Crippen MR) is 79.0 cm³/mol. The van der Waals surface area contributed by atoms with Crippen LogP contribution in [0, 0.1) is 11.3 Å². The van der Waals surface area contributed by atoms with Crippen molar-refractivity contribution in [3.8, 4) is 6.07 Å². The summed E-state index contributed by atoms with van der Waals surface area (Å²) in [5.74, 6) is 0.369. The molecule has 0 spiro atoms. The molecule has 0 unspecified atom stereocenters. The van der Waals surface area contributed by atoms with Gasteiger partial charge in [0.1, 0.15) is 11.8 Å². The maximum absolute atomic E-state index is 12.2. The fourth-order valence-corrected chi connectivity index (χ4v) is 2.76. The Balaban J connectivity index is 2.22. The number of rotatable bonds is 5. The molecule has 0 aromatic heterocycles. The number of aliphatic hydroxyl groups is 1. The van der Waals surface area contributed by atoms with Crippen LogP contribution in [0.1, 0.15) is 12.0 Å². The highest BCUT2D eigenvalue weighted by Crippen LogP contribution is 2.28. The quantitative estimate of drug-likeness (QED) is 0.904. The molecule has 2 rings (SSSR count). The molecule has 1 aliphatic heterocycles. The molecule has 1 N–H and O–H groups in total. The third-order valence-electron chi connectivity index (χ3n) is 3.33. The van der Waals surface area contributed by atoms with Gasteiger partial charge in [0.15, 0.2) is 5.57 Å². The van der Waals surface area contributed by atoms with E-state index in [1.807, 2.05) is 42.7 Å². The van der Waals surface area contributed by atoms with E-state index in [2.05, 4.69) is 0 Å². The van der Waals surface area contributed by atoms with Gasteiger partial charge in [-0.1, -0.05) is 30.3 Å². The molecular formula is C15H16N2O2S. The van der Waals surface area contributed by atoms with Gasteiger partial charge < -0.3 is 10.0 Å². The number of hydrogen-bond donors (Lipinski definition) is 1. The summed E-state index contributed by atoms with van der Waals surface area (Å²) >= 11 is 1.65. The van der Waals surface area contributed by atoms with Gasteiger partial charge in [0.25, 0.3) is 5.91 Å². The van der Waals surface area contributed by atoms with Crippen LogP contribution in [0.15, 0.2) is 41.7 Å². The molecule has 5 heteroatoms. The molecule has 1 atom stereocenters. The number of thioether (sulfide) groups is 1. The van der Waals surface area contributed by atoms with E-state index in [0.717, 1.165) is 11.3 Å². The lowest BCUT2D eigenvalue weighted by molar-refractivity contribution is -0.127. The van der Waals surface area contributed by atoms with E-state index in [-0.39, 0.29) is 23.3 Å². The third-order valence-corrected chi connectivity index (χ3v) is 3.97. The number of nitriles is 1. The van der Waals surface area contributed by atoms with Crippen LogP contribution in [0.4, 0.5) is 0 Å². The zero-order valence-corrected chi connectivity index (χ0v) is 12.1. The monoisotopic (exact) mass is 288 g/mol. The summed E-state index contributed by atoms with van der Waals surface area (Å²) in [5.41, 5.74) is 0.869. The van der Waals surface area contributed by atoms with Gasteiger partial charge in [0.05, 0.1) is 6.04 Å². The van der Waals surface area contributed by atoms with Crippen LogP contribution in [0.2, 0.25) is 0 Å². The molecule has 1 aromatic rings. The topological polar surface area (TPSA) is 64.3 Å². The van der Waals surface area contributed by atoms with E-state index >= 15 is 0 Å². The summed E-state index contributed by atoms with van der Waals surface area (Å²) < 4.78 is 0. The molecule has 1 aromatic carbocycles. The van der Waals surface area contributed by atoms with Crippen molar-refractivity contribution in [3.63, 3.8) is 0 Å². The van der Waals surface area contributed by atoms with Crippen molar-refractivity contribution in [2.24, 2.45) is 0 Å². The first-order valence-electron chi connectivity index (χ1n) is 6.36. The molecule has 1 amide bonds. The molecule has 0 fully saturated rings. The summed E-state index contributed by atoms with van der Waals surface area (Å²) in [6, 6.07) is 11.0. The number of amides is 1. The molecule has 20 heavy (non-hydrogen) atoms. The Morgan fingerprint density at radius 2 is 2.10 bits per heavy atom. The van der Waals surface area contributed by atoms with Crippen molar-refractivity contribution in [2.75, 3.05) is 12.0 Å². The molecular weight excluding hydrogens is 272 g/mol. The smallest absolute Gasteiger partial charge is 0.268 e. The highest BCUT2D eigenvalue weighted by atomic mass is 32.2. The van der Waals surface area contributed by atoms with E-state index in [9.17, 15) is 9.90 Å². The van der Waals surface area contributed by atoms with Gasteiger partial charge >= 0.3 is 0 Å². The van der Waals surface area contributed by atoms with Crippen LogP contribution in [-0.4, -0.2) is 34.0 Å². The number of benzene rings is 1. The van der Waals surface area contributed by atoms with E-state index in [0.29, 0.717) is 13.0 Å². The van der Waals surface area contributed by atoms with Gasteiger partial charge in [-0.15, -0.1) is 0 Å². The molecule has 0 saturated carbocycles. The van der Waals surface area contributed by atoms with E-state index in [4.69, 9.17) is 5.26 Å². The average Bonchev–Trinajstić information content (AvgIpc) is 2.69. The van der Waals surface area contributed by atoms with Crippen LogP contribution in [0.5, 0.6) is 0 Å². The molecule has 0 saturated heterocycles. The van der Waals surface area contributed by atoms with Crippen molar-refractivity contribution >= 4 is 17.7 Å². The van der Waals surface area contributed by atoms with Gasteiger partial charge in [-0.25, -0.2) is 0 Å². The molecule has 104 valence electrons. The maximum Gasteiger partial charge on any atom is 0.268 e. The minimum absolute atomic E-state index is 0.0810. The minimum atomic E-state index is -0.384. The van der Waals surface area contributed by atoms with Crippen LogP contribution in [-0.2, 0) is 11.3 Å². The second kappa shape index (κ2) is 6.49. The van der Waals surface area contributed by atoms with Gasteiger partial charge in [-0.05, 0) is 24.0 Å². The number of carbonyl (C=O) groups is 1. The van der Waals surface area contributed by atoms with Crippen LogP contribution in [0.3, 0.4) is 0 Å². The van der Waals surface area contributed by atoms with Crippen molar-refractivity contribution < 1.29 is 9.90 Å². The SMILES string of the molecule is CSCC[C@H]1C(O)=C(C#N)C(=O)N1Cc1ccccc1.